The first-order valence-corrected chi connectivity index (χ1v) is 9.78. The SMILES string of the molecule is CCCCC1CCC(c2ccc(C(=O)CC(=O)CCC)cc2)CC1. The fourth-order valence-electron chi connectivity index (χ4n) is 3.87. The molecule has 0 spiro atoms. The molecule has 0 amide bonds. The van der Waals surface area contributed by atoms with Gasteiger partial charge < -0.3 is 0 Å². The molecule has 0 aliphatic heterocycles. The molecule has 2 rings (SSSR count). The van der Waals surface area contributed by atoms with Gasteiger partial charge in [0.25, 0.3) is 0 Å². The number of Topliss-reactive ketones (excluding diaryl/α,β-unsaturated/α-hetero) is 2. The minimum absolute atomic E-state index is 0.0386. The number of benzene rings is 1. The maximum Gasteiger partial charge on any atom is 0.170 e. The summed E-state index contributed by atoms with van der Waals surface area (Å²) in [5, 5.41) is 0. The summed E-state index contributed by atoms with van der Waals surface area (Å²) < 4.78 is 0. The molecular formula is C22H32O2. The fourth-order valence-corrected chi connectivity index (χ4v) is 3.87. The van der Waals surface area contributed by atoms with E-state index in [1.165, 1.54) is 50.5 Å². The zero-order valence-corrected chi connectivity index (χ0v) is 15.4. The van der Waals surface area contributed by atoms with Crippen LogP contribution in [0, 0.1) is 5.92 Å². The molecule has 1 aromatic rings. The lowest BCUT2D eigenvalue weighted by Gasteiger charge is -2.28. The fraction of sp³-hybridized carbons (Fsp3) is 0.636. The molecule has 0 atom stereocenters. The third-order valence-electron chi connectivity index (χ3n) is 5.40. The van der Waals surface area contributed by atoms with Gasteiger partial charge in [0.15, 0.2) is 5.78 Å². The molecular weight excluding hydrogens is 296 g/mol. The van der Waals surface area contributed by atoms with Gasteiger partial charge in [-0.1, -0.05) is 57.4 Å². The predicted octanol–water partition coefficient (Wildman–Crippen LogP) is 6.09. The Kier molecular flexibility index (Phi) is 7.68. The first kappa shape index (κ1) is 18.9. The molecule has 0 N–H and O–H groups in total. The average molecular weight is 328 g/mol. The van der Waals surface area contributed by atoms with Crippen molar-refractivity contribution in [2.75, 3.05) is 0 Å². The summed E-state index contributed by atoms with van der Waals surface area (Å²) in [5.74, 6) is 1.58. The molecule has 0 heterocycles. The lowest BCUT2D eigenvalue weighted by atomic mass is 9.77. The van der Waals surface area contributed by atoms with Crippen LogP contribution in [0.5, 0.6) is 0 Å². The monoisotopic (exact) mass is 328 g/mol. The molecule has 2 heteroatoms. The van der Waals surface area contributed by atoms with Gasteiger partial charge in [-0.3, -0.25) is 9.59 Å². The molecule has 2 nitrogen and oxygen atoms in total. The molecule has 1 saturated carbocycles. The highest BCUT2D eigenvalue weighted by molar-refractivity contribution is 6.07. The average Bonchev–Trinajstić information content (AvgIpc) is 2.60. The molecule has 1 fully saturated rings. The summed E-state index contributed by atoms with van der Waals surface area (Å²) in [5.41, 5.74) is 2.04. The summed E-state index contributed by atoms with van der Waals surface area (Å²) in [6.07, 6.45) is 10.7. The van der Waals surface area contributed by atoms with Gasteiger partial charge in [-0.15, -0.1) is 0 Å². The Hall–Kier alpha value is -1.44. The van der Waals surface area contributed by atoms with E-state index in [0.717, 1.165) is 12.3 Å². The number of unbranched alkanes of at least 4 members (excludes halogenated alkanes) is 1. The van der Waals surface area contributed by atoms with Crippen LogP contribution in [-0.4, -0.2) is 11.6 Å². The normalized spacial score (nSPS) is 20.8. The van der Waals surface area contributed by atoms with Crippen molar-refractivity contribution in [3.63, 3.8) is 0 Å². The number of ketones is 2. The molecule has 24 heavy (non-hydrogen) atoms. The molecule has 0 unspecified atom stereocenters. The van der Waals surface area contributed by atoms with E-state index in [-0.39, 0.29) is 18.0 Å². The third-order valence-corrected chi connectivity index (χ3v) is 5.40. The first-order valence-electron chi connectivity index (χ1n) is 9.78. The van der Waals surface area contributed by atoms with Gasteiger partial charge in [-0.2, -0.15) is 0 Å². The zero-order chi connectivity index (χ0) is 17.4. The lowest BCUT2D eigenvalue weighted by molar-refractivity contribution is -0.118. The van der Waals surface area contributed by atoms with E-state index in [9.17, 15) is 9.59 Å². The van der Waals surface area contributed by atoms with Gasteiger partial charge in [0, 0.05) is 12.0 Å². The second-order valence-corrected chi connectivity index (χ2v) is 7.37. The molecule has 1 aliphatic rings. The van der Waals surface area contributed by atoms with E-state index in [1.54, 1.807) is 0 Å². The summed E-state index contributed by atoms with van der Waals surface area (Å²) >= 11 is 0. The molecule has 0 saturated heterocycles. The minimum Gasteiger partial charge on any atom is -0.299 e. The Balaban J connectivity index is 1.86. The third kappa shape index (κ3) is 5.58. The van der Waals surface area contributed by atoms with E-state index in [4.69, 9.17) is 0 Å². The van der Waals surface area contributed by atoms with Crippen LogP contribution in [0.2, 0.25) is 0 Å². The highest BCUT2D eigenvalue weighted by atomic mass is 16.1. The van der Waals surface area contributed by atoms with Crippen molar-refractivity contribution in [2.24, 2.45) is 5.92 Å². The Bertz CT molecular complexity index is 521. The van der Waals surface area contributed by atoms with Crippen LogP contribution in [-0.2, 0) is 4.79 Å². The van der Waals surface area contributed by atoms with Crippen LogP contribution in [0.3, 0.4) is 0 Å². The lowest BCUT2D eigenvalue weighted by Crippen LogP contribution is -2.13. The molecule has 0 bridgehead atoms. The van der Waals surface area contributed by atoms with Crippen molar-refractivity contribution in [3.05, 3.63) is 35.4 Å². The van der Waals surface area contributed by atoms with Crippen LogP contribution in [0.4, 0.5) is 0 Å². The number of carbonyl (C=O) groups excluding carboxylic acids is 2. The van der Waals surface area contributed by atoms with E-state index >= 15 is 0 Å². The summed E-state index contributed by atoms with van der Waals surface area (Å²) in [7, 11) is 0. The maximum absolute atomic E-state index is 12.1. The van der Waals surface area contributed by atoms with Crippen molar-refractivity contribution in [1.82, 2.24) is 0 Å². The van der Waals surface area contributed by atoms with Crippen LogP contribution in [0.25, 0.3) is 0 Å². The van der Waals surface area contributed by atoms with Crippen molar-refractivity contribution in [2.45, 2.75) is 84.0 Å². The van der Waals surface area contributed by atoms with Crippen molar-refractivity contribution in [1.29, 1.82) is 0 Å². The quantitative estimate of drug-likeness (QED) is 0.406. The van der Waals surface area contributed by atoms with Crippen LogP contribution in [0.1, 0.15) is 99.9 Å². The van der Waals surface area contributed by atoms with Crippen molar-refractivity contribution >= 4 is 11.6 Å². The number of carbonyl (C=O) groups is 2. The van der Waals surface area contributed by atoms with Crippen LogP contribution >= 0.6 is 0 Å². The van der Waals surface area contributed by atoms with E-state index in [0.29, 0.717) is 17.9 Å². The largest absolute Gasteiger partial charge is 0.299 e. The first-order chi connectivity index (χ1) is 11.6. The zero-order valence-electron chi connectivity index (χ0n) is 15.4. The van der Waals surface area contributed by atoms with Gasteiger partial charge in [-0.25, -0.2) is 0 Å². The Morgan fingerprint density at radius 3 is 2.21 bits per heavy atom. The second kappa shape index (κ2) is 9.76. The van der Waals surface area contributed by atoms with Gasteiger partial charge in [0.05, 0.1) is 6.42 Å². The van der Waals surface area contributed by atoms with Gasteiger partial charge in [-0.05, 0) is 49.5 Å². The summed E-state index contributed by atoms with van der Waals surface area (Å²) in [6, 6.07) is 8.04. The van der Waals surface area contributed by atoms with Crippen LogP contribution < -0.4 is 0 Å². The Labute approximate surface area is 147 Å². The standard InChI is InChI=1S/C22H32O2/c1-3-5-7-17-8-10-18(11-9-17)19-12-14-20(15-13-19)22(24)16-21(23)6-4-2/h12-15,17-18H,3-11,16H2,1-2H3. The highest BCUT2D eigenvalue weighted by Gasteiger charge is 2.22. The molecule has 132 valence electrons. The smallest absolute Gasteiger partial charge is 0.170 e. The van der Waals surface area contributed by atoms with Crippen molar-refractivity contribution in [3.8, 4) is 0 Å². The van der Waals surface area contributed by atoms with E-state index in [2.05, 4.69) is 19.1 Å². The second-order valence-electron chi connectivity index (χ2n) is 7.37. The number of rotatable bonds is 9. The van der Waals surface area contributed by atoms with Gasteiger partial charge >= 0.3 is 0 Å². The van der Waals surface area contributed by atoms with Gasteiger partial charge in [0.1, 0.15) is 5.78 Å². The number of hydrogen-bond donors (Lipinski definition) is 0. The van der Waals surface area contributed by atoms with E-state index < -0.39 is 0 Å². The summed E-state index contributed by atoms with van der Waals surface area (Å²) in [4.78, 5) is 23.8. The van der Waals surface area contributed by atoms with Crippen molar-refractivity contribution < 1.29 is 9.59 Å². The topological polar surface area (TPSA) is 34.1 Å². The molecule has 0 aromatic heterocycles. The van der Waals surface area contributed by atoms with E-state index in [1.807, 2.05) is 19.1 Å². The predicted molar refractivity (Wildman–Crippen MR) is 99.5 cm³/mol. The Morgan fingerprint density at radius 1 is 0.958 bits per heavy atom. The molecule has 1 aromatic carbocycles. The van der Waals surface area contributed by atoms with Crippen LogP contribution in [0.15, 0.2) is 24.3 Å². The summed E-state index contributed by atoms with van der Waals surface area (Å²) in [6.45, 7) is 4.23. The Morgan fingerprint density at radius 2 is 1.62 bits per heavy atom. The maximum atomic E-state index is 12.1. The van der Waals surface area contributed by atoms with Gasteiger partial charge in [0.2, 0.25) is 0 Å². The molecule has 0 radical (unpaired) electrons. The molecule has 1 aliphatic carbocycles. The minimum atomic E-state index is -0.0386. The number of hydrogen-bond acceptors (Lipinski definition) is 2. The highest BCUT2D eigenvalue weighted by Crippen LogP contribution is 2.37.